The molecule has 0 spiro atoms. The molecule has 1 atom stereocenters. The molecular formula is C11H14BrNO. The number of anilines is 1. The third-order valence-electron chi connectivity index (χ3n) is 2.73. The van der Waals surface area contributed by atoms with Crippen LogP contribution in [0.25, 0.3) is 0 Å². The van der Waals surface area contributed by atoms with Crippen molar-refractivity contribution in [2.75, 3.05) is 18.1 Å². The highest BCUT2D eigenvalue weighted by Crippen LogP contribution is 2.27. The van der Waals surface area contributed by atoms with Crippen LogP contribution in [0.2, 0.25) is 0 Å². The van der Waals surface area contributed by atoms with Crippen LogP contribution < -0.4 is 4.90 Å². The van der Waals surface area contributed by atoms with E-state index in [0.717, 1.165) is 17.4 Å². The molecule has 0 amide bonds. The highest BCUT2D eigenvalue weighted by molar-refractivity contribution is 9.10. The second-order valence-electron chi connectivity index (χ2n) is 3.65. The van der Waals surface area contributed by atoms with Gasteiger partial charge >= 0.3 is 0 Å². The molecule has 14 heavy (non-hydrogen) atoms. The normalized spacial score (nSPS) is 21.6. The first-order valence-corrected chi connectivity index (χ1v) is 5.73. The number of nitrogens with zero attached hydrogens (tertiary/aromatic N) is 1. The maximum Gasteiger partial charge on any atom is 0.0635 e. The molecule has 0 bridgehead atoms. The lowest BCUT2D eigenvalue weighted by molar-refractivity contribution is 0.266. The van der Waals surface area contributed by atoms with E-state index >= 15 is 0 Å². The predicted molar refractivity (Wildman–Crippen MR) is 61.6 cm³/mol. The summed E-state index contributed by atoms with van der Waals surface area (Å²) in [5, 5.41) is 9.21. The van der Waals surface area contributed by atoms with Gasteiger partial charge in [-0.1, -0.05) is 22.0 Å². The monoisotopic (exact) mass is 255 g/mol. The summed E-state index contributed by atoms with van der Waals surface area (Å²) in [6.07, 6.45) is 2.28. The predicted octanol–water partition coefficient (Wildman–Crippen LogP) is 2.41. The second-order valence-corrected chi connectivity index (χ2v) is 4.57. The number of hydrogen-bond acceptors (Lipinski definition) is 2. The molecule has 1 aliphatic rings. The Morgan fingerprint density at radius 2 is 2.36 bits per heavy atom. The summed E-state index contributed by atoms with van der Waals surface area (Å²) < 4.78 is 1.10. The van der Waals surface area contributed by atoms with Crippen molar-refractivity contribution >= 4 is 21.6 Å². The van der Waals surface area contributed by atoms with Crippen molar-refractivity contribution in [1.82, 2.24) is 0 Å². The fraction of sp³-hybridized carbons (Fsp3) is 0.455. The molecule has 1 aromatic rings. The van der Waals surface area contributed by atoms with Gasteiger partial charge in [0.05, 0.1) is 12.6 Å². The van der Waals surface area contributed by atoms with Gasteiger partial charge in [-0.05, 0) is 31.0 Å². The van der Waals surface area contributed by atoms with E-state index in [1.165, 1.54) is 12.1 Å². The number of benzene rings is 1. The van der Waals surface area contributed by atoms with E-state index in [4.69, 9.17) is 0 Å². The molecule has 0 radical (unpaired) electrons. The minimum atomic E-state index is 0.256. The molecule has 0 aromatic heterocycles. The average molecular weight is 256 g/mol. The van der Waals surface area contributed by atoms with Gasteiger partial charge < -0.3 is 10.0 Å². The molecule has 1 unspecified atom stereocenters. The quantitative estimate of drug-likeness (QED) is 0.878. The summed E-state index contributed by atoms with van der Waals surface area (Å²) in [5.41, 5.74) is 1.20. The fourth-order valence-electron chi connectivity index (χ4n) is 2.02. The Bertz CT molecular complexity index is 316. The number of aliphatic hydroxyl groups excluding tert-OH is 1. The van der Waals surface area contributed by atoms with Gasteiger partial charge in [0.2, 0.25) is 0 Å². The molecule has 1 aromatic carbocycles. The molecule has 1 aliphatic heterocycles. The van der Waals surface area contributed by atoms with Gasteiger partial charge in [0, 0.05) is 16.7 Å². The van der Waals surface area contributed by atoms with Crippen LogP contribution in [0.15, 0.2) is 28.7 Å². The van der Waals surface area contributed by atoms with E-state index in [0.29, 0.717) is 6.04 Å². The topological polar surface area (TPSA) is 23.5 Å². The third kappa shape index (κ3) is 1.93. The average Bonchev–Trinajstić information content (AvgIpc) is 2.65. The maximum atomic E-state index is 9.21. The zero-order valence-corrected chi connectivity index (χ0v) is 9.57. The lowest BCUT2D eigenvalue weighted by atomic mass is 10.2. The molecule has 1 N–H and O–H groups in total. The first-order valence-electron chi connectivity index (χ1n) is 4.94. The van der Waals surface area contributed by atoms with Crippen LogP contribution in [0.3, 0.4) is 0 Å². The van der Waals surface area contributed by atoms with Crippen molar-refractivity contribution in [3.8, 4) is 0 Å². The SMILES string of the molecule is OCC1CCCN1c1cccc(Br)c1. The van der Waals surface area contributed by atoms with Crippen molar-refractivity contribution in [3.63, 3.8) is 0 Å². The van der Waals surface area contributed by atoms with Gasteiger partial charge in [-0.15, -0.1) is 0 Å². The zero-order chi connectivity index (χ0) is 9.97. The van der Waals surface area contributed by atoms with Crippen molar-refractivity contribution in [1.29, 1.82) is 0 Å². The van der Waals surface area contributed by atoms with E-state index in [9.17, 15) is 5.11 Å². The number of hydrogen-bond donors (Lipinski definition) is 1. The Morgan fingerprint density at radius 1 is 1.50 bits per heavy atom. The molecular weight excluding hydrogens is 242 g/mol. The van der Waals surface area contributed by atoms with Crippen molar-refractivity contribution in [3.05, 3.63) is 28.7 Å². The van der Waals surface area contributed by atoms with Crippen LogP contribution in [-0.2, 0) is 0 Å². The van der Waals surface area contributed by atoms with Crippen molar-refractivity contribution in [2.45, 2.75) is 18.9 Å². The first-order chi connectivity index (χ1) is 6.81. The van der Waals surface area contributed by atoms with E-state index in [2.05, 4.69) is 33.0 Å². The fourth-order valence-corrected chi connectivity index (χ4v) is 2.41. The summed E-state index contributed by atoms with van der Waals surface area (Å²) in [7, 11) is 0. The minimum absolute atomic E-state index is 0.256. The van der Waals surface area contributed by atoms with E-state index < -0.39 is 0 Å². The van der Waals surface area contributed by atoms with Crippen molar-refractivity contribution < 1.29 is 5.11 Å². The summed E-state index contributed by atoms with van der Waals surface area (Å²) in [6.45, 7) is 1.31. The number of halogens is 1. The summed E-state index contributed by atoms with van der Waals surface area (Å²) in [6, 6.07) is 8.57. The highest BCUT2D eigenvalue weighted by Gasteiger charge is 2.23. The third-order valence-corrected chi connectivity index (χ3v) is 3.22. The molecule has 1 heterocycles. The molecule has 0 aliphatic carbocycles. The molecule has 1 fully saturated rings. The van der Waals surface area contributed by atoms with E-state index in [-0.39, 0.29) is 6.61 Å². The smallest absolute Gasteiger partial charge is 0.0635 e. The largest absolute Gasteiger partial charge is 0.394 e. The second kappa shape index (κ2) is 4.32. The summed E-state index contributed by atoms with van der Waals surface area (Å²) >= 11 is 3.46. The van der Waals surface area contributed by atoms with Crippen LogP contribution in [0, 0.1) is 0 Å². The molecule has 2 rings (SSSR count). The van der Waals surface area contributed by atoms with Gasteiger partial charge in [-0.3, -0.25) is 0 Å². The summed E-state index contributed by atoms with van der Waals surface area (Å²) in [5.74, 6) is 0. The molecule has 2 nitrogen and oxygen atoms in total. The zero-order valence-electron chi connectivity index (χ0n) is 7.99. The summed E-state index contributed by atoms with van der Waals surface area (Å²) in [4.78, 5) is 2.28. The number of aliphatic hydroxyl groups is 1. The lowest BCUT2D eigenvalue weighted by Crippen LogP contribution is -2.31. The van der Waals surface area contributed by atoms with Gasteiger partial charge in [-0.25, -0.2) is 0 Å². The molecule has 76 valence electrons. The van der Waals surface area contributed by atoms with Crippen LogP contribution >= 0.6 is 15.9 Å². The molecule has 0 saturated carbocycles. The Labute approximate surface area is 92.7 Å². The van der Waals surface area contributed by atoms with E-state index in [1.807, 2.05) is 12.1 Å². The Kier molecular flexibility index (Phi) is 3.08. The lowest BCUT2D eigenvalue weighted by Gasteiger charge is -2.25. The minimum Gasteiger partial charge on any atom is -0.394 e. The molecule has 1 saturated heterocycles. The van der Waals surface area contributed by atoms with Crippen LogP contribution in [0.1, 0.15) is 12.8 Å². The standard InChI is InChI=1S/C11H14BrNO/c12-9-3-1-4-10(7-9)13-6-2-5-11(13)8-14/h1,3-4,7,11,14H,2,5-6,8H2. The Morgan fingerprint density at radius 3 is 3.07 bits per heavy atom. The Hall–Kier alpha value is -0.540. The van der Waals surface area contributed by atoms with Crippen LogP contribution in [-0.4, -0.2) is 24.3 Å². The maximum absolute atomic E-state index is 9.21. The first kappa shape index (κ1) is 9.99. The van der Waals surface area contributed by atoms with Gasteiger partial charge in [-0.2, -0.15) is 0 Å². The van der Waals surface area contributed by atoms with Gasteiger partial charge in [0.1, 0.15) is 0 Å². The van der Waals surface area contributed by atoms with E-state index in [1.54, 1.807) is 0 Å². The number of rotatable bonds is 2. The van der Waals surface area contributed by atoms with Gasteiger partial charge in [0.15, 0.2) is 0 Å². The van der Waals surface area contributed by atoms with Crippen LogP contribution in [0.5, 0.6) is 0 Å². The highest BCUT2D eigenvalue weighted by atomic mass is 79.9. The molecule has 3 heteroatoms. The van der Waals surface area contributed by atoms with Gasteiger partial charge in [0.25, 0.3) is 0 Å². The van der Waals surface area contributed by atoms with Crippen LogP contribution in [0.4, 0.5) is 5.69 Å². The van der Waals surface area contributed by atoms with Crippen molar-refractivity contribution in [2.24, 2.45) is 0 Å². The Balaban J connectivity index is 2.21.